The van der Waals surface area contributed by atoms with Crippen LogP contribution in [0.2, 0.25) is 15.1 Å². The van der Waals surface area contributed by atoms with Crippen LogP contribution < -0.4 is 19.6 Å². The van der Waals surface area contributed by atoms with Gasteiger partial charge in [-0.3, -0.25) is 4.79 Å². The number of carbonyl (C=O) groups is 1. The predicted octanol–water partition coefficient (Wildman–Crippen LogP) is 5.76. The summed E-state index contributed by atoms with van der Waals surface area (Å²) in [7, 11) is 1.54. The summed E-state index contributed by atoms with van der Waals surface area (Å²) in [6.45, 7) is -0.00396. The van der Waals surface area contributed by atoms with Crippen molar-refractivity contribution in [3.63, 3.8) is 0 Å². The highest BCUT2D eigenvalue weighted by Crippen LogP contribution is 2.31. The van der Waals surface area contributed by atoms with Crippen molar-refractivity contribution in [2.75, 3.05) is 13.7 Å². The quantitative estimate of drug-likeness (QED) is 0.304. The summed E-state index contributed by atoms with van der Waals surface area (Å²) < 4.78 is 16.7. The number of benzene rings is 3. The third kappa shape index (κ3) is 6.53. The maximum absolute atomic E-state index is 12.0. The number of hydrazone groups is 1. The molecule has 32 heavy (non-hydrogen) atoms. The number of carbonyl (C=O) groups excluding carboxylic acids is 1. The molecule has 0 aliphatic rings. The molecular formula is C23H19Cl3N2O4. The van der Waals surface area contributed by atoms with Gasteiger partial charge in [0.1, 0.15) is 12.4 Å². The molecule has 0 atom stereocenters. The van der Waals surface area contributed by atoms with E-state index in [0.717, 1.165) is 5.56 Å². The Labute approximate surface area is 200 Å². The van der Waals surface area contributed by atoms with Crippen molar-refractivity contribution >= 4 is 46.9 Å². The topological polar surface area (TPSA) is 69.2 Å². The number of halogens is 3. The number of hydrogen-bond acceptors (Lipinski definition) is 5. The van der Waals surface area contributed by atoms with Crippen molar-refractivity contribution in [2.24, 2.45) is 5.10 Å². The molecule has 3 rings (SSSR count). The van der Waals surface area contributed by atoms with Crippen LogP contribution in [0.5, 0.6) is 17.2 Å². The lowest BCUT2D eigenvalue weighted by Crippen LogP contribution is -2.24. The molecule has 3 aromatic carbocycles. The number of para-hydroxylation sites is 2. The van der Waals surface area contributed by atoms with E-state index in [0.29, 0.717) is 37.9 Å². The Kier molecular flexibility index (Phi) is 8.62. The minimum absolute atomic E-state index is 0.232. The Morgan fingerprint density at radius 1 is 0.938 bits per heavy atom. The van der Waals surface area contributed by atoms with Crippen LogP contribution >= 0.6 is 34.8 Å². The second-order valence-corrected chi connectivity index (χ2v) is 7.65. The Morgan fingerprint density at radius 3 is 2.47 bits per heavy atom. The number of rotatable bonds is 9. The van der Waals surface area contributed by atoms with E-state index in [2.05, 4.69) is 10.5 Å². The highest BCUT2D eigenvalue weighted by atomic mass is 35.5. The standard InChI is InChI=1S/C23H19Cl3N2O4/c1-30-21-8-4-5-16(23(21)32-13-15-9-10-17(24)19(26)11-15)12-27-28-22(29)14-31-20-7-3-2-6-18(20)25/h2-12H,13-14H2,1H3,(H,28,29)/b27-12-. The van der Waals surface area contributed by atoms with E-state index >= 15 is 0 Å². The van der Waals surface area contributed by atoms with Gasteiger partial charge in [0.15, 0.2) is 18.1 Å². The minimum Gasteiger partial charge on any atom is -0.493 e. The van der Waals surface area contributed by atoms with E-state index < -0.39 is 5.91 Å². The zero-order valence-electron chi connectivity index (χ0n) is 17.0. The fourth-order valence-corrected chi connectivity index (χ4v) is 3.16. The first-order valence-electron chi connectivity index (χ1n) is 9.41. The van der Waals surface area contributed by atoms with Crippen LogP contribution in [-0.4, -0.2) is 25.8 Å². The highest BCUT2D eigenvalue weighted by Gasteiger charge is 2.11. The number of ether oxygens (including phenoxy) is 3. The summed E-state index contributed by atoms with van der Waals surface area (Å²) in [5, 5.41) is 5.31. The van der Waals surface area contributed by atoms with Gasteiger partial charge >= 0.3 is 0 Å². The SMILES string of the molecule is COc1cccc(/C=N\NC(=O)COc2ccccc2Cl)c1OCc1ccc(Cl)c(Cl)c1. The van der Waals surface area contributed by atoms with Crippen LogP contribution in [0.1, 0.15) is 11.1 Å². The van der Waals surface area contributed by atoms with Gasteiger partial charge in [-0.2, -0.15) is 5.10 Å². The van der Waals surface area contributed by atoms with Crippen molar-refractivity contribution in [1.29, 1.82) is 0 Å². The Bertz CT molecular complexity index is 1120. The molecule has 9 heteroatoms. The molecule has 0 heterocycles. The first kappa shape index (κ1) is 23.7. The molecule has 3 aromatic rings. The molecule has 0 bridgehead atoms. The fraction of sp³-hybridized carbons (Fsp3) is 0.130. The molecule has 0 aliphatic carbocycles. The lowest BCUT2D eigenvalue weighted by Gasteiger charge is -2.13. The molecule has 166 valence electrons. The van der Waals surface area contributed by atoms with Crippen LogP contribution in [-0.2, 0) is 11.4 Å². The number of amides is 1. The van der Waals surface area contributed by atoms with Crippen LogP contribution in [0.3, 0.4) is 0 Å². The summed E-state index contributed by atoms with van der Waals surface area (Å²) in [5.41, 5.74) is 3.85. The minimum atomic E-state index is -0.442. The smallest absolute Gasteiger partial charge is 0.277 e. The molecule has 1 amide bonds. The second-order valence-electron chi connectivity index (χ2n) is 6.43. The van der Waals surface area contributed by atoms with Gasteiger partial charge in [0.2, 0.25) is 0 Å². The Balaban J connectivity index is 1.63. The van der Waals surface area contributed by atoms with Crippen molar-refractivity contribution in [2.45, 2.75) is 6.61 Å². The van der Waals surface area contributed by atoms with E-state index in [-0.39, 0.29) is 13.2 Å². The van der Waals surface area contributed by atoms with Gasteiger partial charge in [-0.05, 0) is 42.0 Å². The van der Waals surface area contributed by atoms with E-state index in [9.17, 15) is 4.79 Å². The number of nitrogens with zero attached hydrogens (tertiary/aromatic N) is 1. The van der Waals surface area contributed by atoms with Gasteiger partial charge < -0.3 is 14.2 Å². The van der Waals surface area contributed by atoms with Crippen molar-refractivity contribution in [1.82, 2.24) is 5.43 Å². The summed E-state index contributed by atoms with van der Waals surface area (Å²) in [6.07, 6.45) is 1.46. The summed E-state index contributed by atoms with van der Waals surface area (Å²) >= 11 is 18.0. The lowest BCUT2D eigenvalue weighted by molar-refractivity contribution is -0.123. The highest BCUT2D eigenvalue weighted by molar-refractivity contribution is 6.42. The van der Waals surface area contributed by atoms with E-state index in [1.807, 2.05) is 6.07 Å². The van der Waals surface area contributed by atoms with Gasteiger partial charge in [-0.25, -0.2) is 5.43 Å². The summed E-state index contributed by atoms with van der Waals surface area (Å²) in [4.78, 5) is 12.0. The zero-order chi connectivity index (χ0) is 22.9. The molecule has 0 spiro atoms. The molecule has 0 radical (unpaired) electrons. The Morgan fingerprint density at radius 2 is 1.72 bits per heavy atom. The molecule has 6 nitrogen and oxygen atoms in total. The van der Waals surface area contributed by atoms with E-state index in [1.54, 1.807) is 54.6 Å². The molecule has 0 aliphatic heterocycles. The van der Waals surface area contributed by atoms with Crippen molar-refractivity contribution in [3.05, 3.63) is 86.9 Å². The van der Waals surface area contributed by atoms with E-state index in [1.165, 1.54) is 13.3 Å². The third-order valence-electron chi connectivity index (χ3n) is 4.18. The molecule has 0 aromatic heterocycles. The summed E-state index contributed by atoms with van der Waals surface area (Å²) in [6, 6.07) is 17.5. The number of methoxy groups -OCH3 is 1. The van der Waals surface area contributed by atoms with Crippen LogP contribution in [0.15, 0.2) is 65.8 Å². The molecule has 1 N–H and O–H groups in total. The monoisotopic (exact) mass is 492 g/mol. The van der Waals surface area contributed by atoms with Gasteiger partial charge in [0.25, 0.3) is 5.91 Å². The molecule has 0 saturated heterocycles. The predicted molar refractivity (Wildman–Crippen MR) is 126 cm³/mol. The first-order chi connectivity index (χ1) is 15.5. The second kappa shape index (κ2) is 11.6. The van der Waals surface area contributed by atoms with Crippen molar-refractivity contribution in [3.8, 4) is 17.2 Å². The maximum atomic E-state index is 12.0. The van der Waals surface area contributed by atoms with Gasteiger partial charge in [-0.15, -0.1) is 0 Å². The average molecular weight is 494 g/mol. The summed E-state index contributed by atoms with van der Waals surface area (Å²) in [5.74, 6) is 0.954. The lowest BCUT2D eigenvalue weighted by atomic mass is 10.2. The van der Waals surface area contributed by atoms with Crippen LogP contribution in [0, 0.1) is 0 Å². The molecular weight excluding hydrogens is 475 g/mol. The largest absolute Gasteiger partial charge is 0.493 e. The van der Waals surface area contributed by atoms with Crippen molar-refractivity contribution < 1.29 is 19.0 Å². The van der Waals surface area contributed by atoms with Gasteiger partial charge in [0.05, 0.1) is 28.4 Å². The van der Waals surface area contributed by atoms with E-state index in [4.69, 9.17) is 49.0 Å². The molecule has 0 unspecified atom stereocenters. The fourth-order valence-electron chi connectivity index (χ4n) is 2.65. The number of nitrogens with one attached hydrogen (secondary N) is 1. The molecule has 0 saturated carbocycles. The molecule has 0 fully saturated rings. The average Bonchev–Trinajstić information content (AvgIpc) is 2.79. The zero-order valence-corrected chi connectivity index (χ0v) is 19.2. The first-order valence-corrected chi connectivity index (χ1v) is 10.5. The Hall–Kier alpha value is -2.93. The van der Waals surface area contributed by atoms with Gasteiger partial charge in [-0.1, -0.05) is 59.1 Å². The third-order valence-corrected chi connectivity index (χ3v) is 5.24. The number of hydrogen-bond donors (Lipinski definition) is 1. The maximum Gasteiger partial charge on any atom is 0.277 e. The van der Waals surface area contributed by atoms with Gasteiger partial charge in [0, 0.05) is 5.56 Å². The normalized spacial score (nSPS) is 10.8. The van der Waals surface area contributed by atoms with Crippen LogP contribution in [0.25, 0.3) is 0 Å². The van der Waals surface area contributed by atoms with Crippen LogP contribution in [0.4, 0.5) is 0 Å².